The van der Waals surface area contributed by atoms with Crippen molar-refractivity contribution in [1.82, 2.24) is 24.3 Å². The van der Waals surface area contributed by atoms with Crippen LogP contribution in [-0.4, -0.2) is 24.3 Å². The van der Waals surface area contributed by atoms with Crippen LogP contribution in [0, 0.1) is 12.3 Å². The van der Waals surface area contributed by atoms with Crippen molar-refractivity contribution in [1.29, 1.82) is 0 Å². The molecule has 3 saturated carbocycles. The molecular weight excluding hydrogens is 406 g/mol. The lowest BCUT2D eigenvalue weighted by Gasteiger charge is -2.53. The third kappa shape index (κ3) is 4.15. The first kappa shape index (κ1) is 22.4. The number of aromatic nitrogens is 5. The van der Waals surface area contributed by atoms with Crippen LogP contribution in [0.15, 0.2) is 42.9 Å². The molecule has 0 N–H and O–H groups in total. The minimum absolute atomic E-state index is 0.306. The van der Waals surface area contributed by atoms with Gasteiger partial charge >= 0.3 is 0 Å². The van der Waals surface area contributed by atoms with Gasteiger partial charge in [-0.25, -0.2) is 14.6 Å². The van der Waals surface area contributed by atoms with E-state index in [4.69, 9.17) is 10.1 Å². The fourth-order valence-corrected chi connectivity index (χ4v) is 6.55. The van der Waals surface area contributed by atoms with Crippen molar-refractivity contribution in [2.45, 2.75) is 103 Å². The standard InChI is InChI=1S/C26H33N5.C2H6/c1-20-18-30(19-27-20)26-13-10-25(11-14-26,12-15-26)17-23-28-24-22(21-7-3-2-4-8-21)9-5-6-16-31(24)29-23;1-2/h2-4,7-8,18-19,22H,5-6,9-17H2,1H3;1-2H3. The van der Waals surface area contributed by atoms with Crippen LogP contribution in [0.3, 0.4) is 0 Å². The van der Waals surface area contributed by atoms with E-state index in [0.717, 1.165) is 24.5 Å². The summed E-state index contributed by atoms with van der Waals surface area (Å²) in [5, 5.41) is 5.06. The normalized spacial score (nSPS) is 28.5. The maximum atomic E-state index is 5.19. The Bertz CT molecular complexity index is 1040. The monoisotopic (exact) mass is 445 g/mol. The summed E-state index contributed by atoms with van der Waals surface area (Å²) in [6, 6.07) is 10.9. The third-order valence-corrected chi connectivity index (χ3v) is 8.53. The van der Waals surface area contributed by atoms with Crippen molar-refractivity contribution < 1.29 is 0 Å². The van der Waals surface area contributed by atoms with Crippen LogP contribution in [-0.2, 0) is 18.5 Å². The molecule has 7 rings (SSSR count). The predicted octanol–water partition coefficient (Wildman–Crippen LogP) is 6.42. The topological polar surface area (TPSA) is 48.5 Å². The van der Waals surface area contributed by atoms with Crippen molar-refractivity contribution in [3.05, 3.63) is 65.8 Å². The van der Waals surface area contributed by atoms with Crippen LogP contribution >= 0.6 is 0 Å². The van der Waals surface area contributed by atoms with Gasteiger partial charge in [-0.3, -0.25) is 0 Å². The zero-order valence-corrected chi connectivity index (χ0v) is 20.6. The maximum absolute atomic E-state index is 5.19. The molecule has 1 unspecified atom stereocenters. The van der Waals surface area contributed by atoms with Crippen LogP contribution in [0.25, 0.3) is 0 Å². The lowest BCUT2D eigenvalue weighted by molar-refractivity contribution is -0.00128. The molecule has 0 radical (unpaired) electrons. The summed E-state index contributed by atoms with van der Waals surface area (Å²) in [5.41, 5.74) is 3.22. The van der Waals surface area contributed by atoms with Gasteiger partial charge in [0.1, 0.15) is 5.82 Å². The summed E-state index contributed by atoms with van der Waals surface area (Å²) < 4.78 is 4.66. The van der Waals surface area contributed by atoms with Gasteiger partial charge in [-0.2, -0.15) is 5.10 Å². The van der Waals surface area contributed by atoms with E-state index in [1.54, 1.807) is 0 Å². The minimum atomic E-state index is 0.306. The Balaban J connectivity index is 0.00000111. The first-order valence-electron chi connectivity index (χ1n) is 13.1. The van der Waals surface area contributed by atoms with Crippen LogP contribution in [0.4, 0.5) is 0 Å². The Morgan fingerprint density at radius 2 is 1.70 bits per heavy atom. The lowest BCUT2D eigenvalue weighted by Crippen LogP contribution is -2.48. The van der Waals surface area contributed by atoms with Gasteiger partial charge in [-0.05, 0) is 69.3 Å². The van der Waals surface area contributed by atoms with E-state index in [9.17, 15) is 0 Å². The molecule has 0 amide bonds. The first-order valence-corrected chi connectivity index (χ1v) is 13.1. The van der Waals surface area contributed by atoms with Gasteiger partial charge in [0.15, 0.2) is 5.82 Å². The van der Waals surface area contributed by atoms with Gasteiger partial charge < -0.3 is 4.57 Å². The molecule has 3 aliphatic carbocycles. The second-order valence-electron chi connectivity index (χ2n) is 10.4. The average Bonchev–Trinajstić information content (AvgIpc) is 3.43. The Morgan fingerprint density at radius 1 is 0.970 bits per heavy atom. The molecular formula is C28H39N5. The van der Waals surface area contributed by atoms with E-state index >= 15 is 0 Å². The van der Waals surface area contributed by atoms with Gasteiger partial charge in [0, 0.05) is 30.6 Å². The minimum Gasteiger partial charge on any atom is -0.331 e. The molecule has 2 aromatic heterocycles. The van der Waals surface area contributed by atoms with Gasteiger partial charge in [0.05, 0.1) is 12.0 Å². The number of rotatable bonds is 4. The number of nitrogens with zero attached hydrogens (tertiary/aromatic N) is 5. The molecule has 1 atom stereocenters. The van der Waals surface area contributed by atoms with E-state index in [2.05, 4.69) is 64.0 Å². The van der Waals surface area contributed by atoms with Gasteiger partial charge in [-0.1, -0.05) is 50.6 Å². The third-order valence-electron chi connectivity index (χ3n) is 8.53. The van der Waals surface area contributed by atoms with E-state index < -0.39 is 0 Å². The van der Waals surface area contributed by atoms with Crippen LogP contribution < -0.4 is 0 Å². The van der Waals surface area contributed by atoms with Gasteiger partial charge in [0.2, 0.25) is 0 Å². The first-order chi connectivity index (χ1) is 16.1. The van der Waals surface area contributed by atoms with Crippen LogP contribution in [0.2, 0.25) is 0 Å². The summed E-state index contributed by atoms with van der Waals surface area (Å²) in [4.78, 5) is 9.69. The summed E-state index contributed by atoms with van der Waals surface area (Å²) >= 11 is 0. The van der Waals surface area contributed by atoms with Crippen LogP contribution in [0.5, 0.6) is 0 Å². The van der Waals surface area contributed by atoms with Crippen molar-refractivity contribution in [3.63, 3.8) is 0 Å². The zero-order chi connectivity index (χ0) is 22.9. The van der Waals surface area contributed by atoms with Crippen molar-refractivity contribution in [2.24, 2.45) is 5.41 Å². The Labute approximate surface area is 198 Å². The SMILES string of the molecule is CC.Cc1cn(C23CCC(Cc4nc5n(n4)CCCCC5c4ccccc4)(CC2)CC3)cn1. The van der Waals surface area contributed by atoms with E-state index in [1.807, 2.05) is 13.8 Å². The second-order valence-corrected chi connectivity index (χ2v) is 10.4. The molecule has 176 valence electrons. The van der Waals surface area contributed by atoms with Gasteiger partial charge in [-0.15, -0.1) is 0 Å². The fourth-order valence-electron chi connectivity index (χ4n) is 6.55. The number of aryl methyl sites for hydroxylation is 2. The smallest absolute Gasteiger partial charge is 0.151 e. The van der Waals surface area contributed by atoms with E-state index in [0.29, 0.717) is 16.9 Å². The summed E-state index contributed by atoms with van der Waals surface area (Å²) in [7, 11) is 0. The fraction of sp³-hybridized carbons (Fsp3) is 0.607. The highest BCUT2D eigenvalue weighted by atomic mass is 15.4. The molecule has 3 aromatic rings. The molecule has 1 aliphatic heterocycles. The van der Waals surface area contributed by atoms with Crippen molar-refractivity contribution in [3.8, 4) is 0 Å². The molecule has 0 saturated heterocycles. The summed E-state index contributed by atoms with van der Waals surface area (Å²) in [5.74, 6) is 2.67. The van der Waals surface area contributed by atoms with Crippen molar-refractivity contribution in [2.75, 3.05) is 0 Å². The Kier molecular flexibility index (Phi) is 6.15. The molecule has 3 fully saturated rings. The summed E-state index contributed by atoms with van der Waals surface area (Å²) in [6.45, 7) is 7.11. The molecule has 33 heavy (non-hydrogen) atoms. The van der Waals surface area contributed by atoms with Gasteiger partial charge in [0.25, 0.3) is 0 Å². The Morgan fingerprint density at radius 3 is 2.36 bits per heavy atom. The highest BCUT2D eigenvalue weighted by Gasteiger charge is 2.50. The van der Waals surface area contributed by atoms with E-state index in [-0.39, 0.29) is 0 Å². The summed E-state index contributed by atoms with van der Waals surface area (Å²) in [6.07, 6.45) is 16.7. The molecule has 5 heteroatoms. The number of imidazole rings is 1. The molecule has 4 aliphatic rings. The molecule has 3 heterocycles. The molecule has 0 spiro atoms. The highest BCUT2D eigenvalue weighted by Crippen LogP contribution is 2.56. The lowest BCUT2D eigenvalue weighted by atomic mass is 9.56. The number of hydrogen-bond acceptors (Lipinski definition) is 3. The van der Waals surface area contributed by atoms with Crippen molar-refractivity contribution >= 4 is 0 Å². The van der Waals surface area contributed by atoms with Crippen LogP contribution in [0.1, 0.15) is 100 Å². The number of fused-ring (bicyclic) bond motifs is 4. The predicted molar refractivity (Wildman–Crippen MR) is 132 cm³/mol. The largest absolute Gasteiger partial charge is 0.331 e. The maximum Gasteiger partial charge on any atom is 0.151 e. The highest BCUT2D eigenvalue weighted by molar-refractivity contribution is 5.26. The Hall–Kier alpha value is -2.43. The average molecular weight is 446 g/mol. The second kappa shape index (κ2) is 9.08. The van der Waals surface area contributed by atoms with E-state index in [1.165, 1.54) is 69.2 Å². The molecule has 2 bridgehead atoms. The molecule has 1 aromatic carbocycles. The number of benzene rings is 1. The quantitative estimate of drug-likeness (QED) is 0.466. The zero-order valence-electron chi connectivity index (χ0n) is 20.6. The number of hydrogen-bond donors (Lipinski definition) is 0. The molecule has 5 nitrogen and oxygen atoms in total.